The van der Waals surface area contributed by atoms with Gasteiger partial charge < -0.3 is 14.6 Å². The second kappa shape index (κ2) is 10.5. The third kappa shape index (κ3) is 7.69. The molecule has 146 valence electrons. The van der Waals surface area contributed by atoms with E-state index in [1.165, 1.54) is 12.5 Å². The largest absolute Gasteiger partial charge is 0.461 e. The van der Waals surface area contributed by atoms with E-state index >= 15 is 0 Å². The number of aliphatic hydroxyl groups excluding tert-OH is 1. The van der Waals surface area contributed by atoms with Gasteiger partial charge in [-0.25, -0.2) is 0 Å². The zero-order valence-electron chi connectivity index (χ0n) is 16.7. The van der Waals surface area contributed by atoms with E-state index in [0.29, 0.717) is 12.8 Å². The van der Waals surface area contributed by atoms with Crippen LogP contribution in [0.1, 0.15) is 66.2 Å². The lowest BCUT2D eigenvalue weighted by molar-refractivity contribution is -0.140. The van der Waals surface area contributed by atoms with E-state index in [0.717, 1.165) is 43.1 Å². The summed E-state index contributed by atoms with van der Waals surface area (Å²) in [5.74, 6) is -0.387. The number of hydrogen-bond donors (Lipinski definition) is 1. The van der Waals surface area contributed by atoms with Gasteiger partial charge in [-0.15, -0.1) is 0 Å². The lowest BCUT2D eigenvalue weighted by Gasteiger charge is -2.24. The van der Waals surface area contributed by atoms with Gasteiger partial charge in [-0.2, -0.15) is 0 Å². The number of esters is 1. The summed E-state index contributed by atoms with van der Waals surface area (Å²) in [7, 11) is 0. The van der Waals surface area contributed by atoms with Crippen molar-refractivity contribution in [1.29, 1.82) is 0 Å². The predicted octanol–water partition coefficient (Wildman–Crippen LogP) is 4.53. The van der Waals surface area contributed by atoms with E-state index in [9.17, 15) is 14.7 Å². The quantitative estimate of drug-likeness (QED) is 0.453. The molecule has 0 radical (unpaired) electrons. The number of rotatable bonds is 4. The molecule has 0 spiro atoms. The average Bonchev–Trinajstić information content (AvgIpc) is 2.57. The van der Waals surface area contributed by atoms with Crippen LogP contribution < -0.4 is 0 Å². The van der Waals surface area contributed by atoms with E-state index in [1.54, 1.807) is 6.08 Å². The Bertz CT molecular complexity index is 573. The lowest BCUT2D eigenvalue weighted by atomic mass is 9.81. The predicted molar refractivity (Wildman–Crippen MR) is 105 cm³/mol. The van der Waals surface area contributed by atoms with Gasteiger partial charge in [0.25, 0.3) is 0 Å². The number of allylic oxidation sites excluding steroid dienone is 2. The molecule has 0 saturated heterocycles. The summed E-state index contributed by atoms with van der Waals surface area (Å²) in [6, 6.07) is 0. The van der Waals surface area contributed by atoms with Crippen LogP contribution in [0, 0.1) is 11.3 Å². The van der Waals surface area contributed by atoms with Gasteiger partial charge in [0.05, 0.1) is 6.10 Å². The minimum absolute atomic E-state index is 0.0381. The first kappa shape index (κ1) is 22.4. The van der Waals surface area contributed by atoms with Gasteiger partial charge in [-0.1, -0.05) is 36.8 Å². The minimum Gasteiger partial charge on any atom is -0.461 e. The van der Waals surface area contributed by atoms with Crippen LogP contribution in [0.2, 0.25) is 0 Å². The highest BCUT2D eigenvalue weighted by atomic mass is 16.5. The molecule has 0 bridgehead atoms. The summed E-state index contributed by atoms with van der Waals surface area (Å²) >= 11 is 0. The summed E-state index contributed by atoms with van der Waals surface area (Å²) in [5, 5.41) is 10.7. The summed E-state index contributed by atoms with van der Waals surface area (Å²) in [6.45, 7) is 11.6. The highest BCUT2D eigenvalue weighted by Gasteiger charge is 2.25. The zero-order valence-corrected chi connectivity index (χ0v) is 16.7. The second-order valence-electron chi connectivity index (χ2n) is 7.95. The highest BCUT2D eigenvalue weighted by molar-refractivity contribution is 5.66. The van der Waals surface area contributed by atoms with Gasteiger partial charge in [0, 0.05) is 18.3 Å². The fourth-order valence-corrected chi connectivity index (χ4v) is 3.29. The number of aliphatic hydroxyl groups is 1. The van der Waals surface area contributed by atoms with Crippen molar-refractivity contribution in [2.45, 2.75) is 72.3 Å². The average molecular weight is 363 g/mol. The van der Waals surface area contributed by atoms with Crippen LogP contribution in [-0.2, 0) is 14.3 Å². The minimum atomic E-state index is -0.672. The molecule has 1 aliphatic rings. The van der Waals surface area contributed by atoms with E-state index < -0.39 is 11.5 Å². The molecule has 1 unspecified atom stereocenters. The van der Waals surface area contributed by atoms with Crippen molar-refractivity contribution in [3.05, 3.63) is 35.5 Å². The topological polar surface area (TPSA) is 63.6 Å². The van der Waals surface area contributed by atoms with Crippen LogP contribution >= 0.6 is 0 Å². The fraction of sp³-hybridized carbons (Fsp3) is 0.636. The first-order valence-electron chi connectivity index (χ1n) is 9.45. The molecule has 0 aromatic rings. The smallest absolute Gasteiger partial charge is 0.302 e. The Hall–Kier alpha value is -1.68. The molecule has 0 fully saturated rings. The maximum atomic E-state index is 11.6. The van der Waals surface area contributed by atoms with Crippen LogP contribution in [0.25, 0.3) is 0 Å². The molecule has 3 atom stereocenters. The van der Waals surface area contributed by atoms with Crippen LogP contribution in [0.3, 0.4) is 0 Å². The molecule has 0 aliphatic heterocycles. The molecule has 0 aromatic heterocycles. The maximum absolute atomic E-state index is 11.6. The molecule has 0 aromatic carbocycles. The van der Waals surface area contributed by atoms with Gasteiger partial charge >= 0.3 is 5.97 Å². The van der Waals surface area contributed by atoms with Crippen LogP contribution in [0.5, 0.6) is 0 Å². The molecular weight excluding hydrogens is 328 g/mol. The molecule has 1 aliphatic carbocycles. The van der Waals surface area contributed by atoms with Gasteiger partial charge in [-0.05, 0) is 57.9 Å². The molecule has 0 heterocycles. The lowest BCUT2D eigenvalue weighted by Crippen LogP contribution is -2.22. The van der Waals surface area contributed by atoms with E-state index in [2.05, 4.69) is 19.6 Å². The van der Waals surface area contributed by atoms with E-state index in [-0.39, 0.29) is 18.5 Å². The third-order valence-electron chi connectivity index (χ3n) is 5.27. The Balaban J connectivity index is 3.12. The fourth-order valence-electron chi connectivity index (χ4n) is 3.29. The standard InChI is InChI=1S/C22H34O4/c1-16(2)20-9-8-17(3)7-6-11-22(5,15-23)12-10-19(13-21(20)25)14-26-18(4)24/h7,13,15,20-21,25H,1,6,8-12,14H2,2-5H3/t20-,21+,22?/m1/s1. The molecule has 0 saturated carbocycles. The highest BCUT2D eigenvalue weighted by Crippen LogP contribution is 2.31. The van der Waals surface area contributed by atoms with E-state index in [4.69, 9.17) is 4.74 Å². The number of aldehydes is 1. The first-order valence-corrected chi connectivity index (χ1v) is 9.45. The van der Waals surface area contributed by atoms with Gasteiger partial charge in [0.1, 0.15) is 12.9 Å². The van der Waals surface area contributed by atoms with Crippen LogP contribution in [-0.4, -0.2) is 30.1 Å². The summed E-state index contributed by atoms with van der Waals surface area (Å²) in [4.78, 5) is 22.8. The molecular formula is C22H34O4. The number of carbonyl (C=O) groups is 2. The van der Waals surface area contributed by atoms with Crippen molar-refractivity contribution in [2.24, 2.45) is 11.3 Å². The molecule has 26 heavy (non-hydrogen) atoms. The summed E-state index contributed by atoms with van der Waals surface area (Å²) < 4.78 is 5.15. The molecule has 0 amide bonds. The molecule has 4 heteroatoms. The van der Waals surface area contributed by atoms with Crippen molar-refractivity contribution in [3.8, 4) is 0 Å². The molecule has 4 nitrogen and oxygen atoms in total. The van der Waals surface area contributed by atoms with Gasteiger partial charge in [0.15, 0.2) is 0 Å². The first-order chi connectivity index (χ1) is 12.2. The second-order valence-corrected chi connectivity index (χ2v) is 7.95. The van der Waals surface area contributed by atoms with Crippen LogP contribution in [0.15, 0.2) is 35.5 Å². The number of ether oxygens (including phenoxy) is 1. The van der Waals surface area contributed by atoms with Crippen molar-refractivity contribution in [1.82, 2.24) is 0 Å². The van der Waals surface area contributed by atoms with Crippen molar-refractivity contribution in [2.75, 3.05) is 6.61 Å². The maximum Gasteiger partial charge on any atom is 0.302 e. The van der Waals surface area contributed by atoms with Crippen LogP contribution in [0.4, 0.5) is 0 Å². The monoisotopic (exact) mass is 362 g/mol. The third-order valence-corrected chi connectivity index (χ3v) is 5.27. The van der Waals surface area contributed by atoms with Gasteiger partial charge in [0.2, 0.25) is 0 Å². The number of carbonyl (C=O) groups excluding carboxylic acids is 2. The summed E-state index contributed by atoms with van der Waals surface area (Å²) in [6.07, 6.45) is 9.01. The van der Waals surface area contributed by atoms with Crippen molar-refractivity contribution in [3.63, 3.8) is 0 Å². The molecule has 1 rings (SSSR count). The number of hydrogen-bond acceptors (Lipinski definition) is 4. The van der Waals surface area contributed by atoms with Crippen molar-refractivity contribution < 1.29 is 19.4 Å². The Morgan fingerprint density at radius 2 is 2.08 bits per heavy atom. The SMILES string of the molecule is C=C(C)[C@H]1CCC(C)=CCCC(C)(C=O)CCC(COC(C)=O)=C[C@@H]1O. The Morgan fingerprint density at radius 1 is 1.38 bits per heavy atom. The Kier molecular flexibility index (Phi) is 9.00. The van der Waals surface area contributed by atoms with E-state index in [1.807, 2.05) is 13.8 Å². The van der Waals surface area contributed by atoms with Gasteiger partial charge in [-0.3, -0.25) is 4.79 Å². The zero-order chi connectivity index (χ0) is 19.7. The van der Waals surface area contributed by atoms with Crippen molar-refractivity contribution >= 4 is 12.3 Å². The normalized spacial score (nSPS) is 28.5. The Morgan fingerprint density at radius 3 is 2.65 bits per heavy atom. The summed E-state index contributed by atoms with van der Waals surface area (Å²) in [5.41, 5.74) is 2.66. The Labute approximate surface area is 158 Å². The molecule has 1 N–H and O–H groups in total.